The number of nitrogens with one attached hydrogen (secondary N) is 1. The van der Waals surface area contributed by atoms with Gasteiger partial charge in [0.25, 0.3) is 0 Å². The summed E-state index contributed by atoms with van der Waals surface area (Å²) in [5, 5.41) is 3.26. The summed E-state index contributed by atoms with van der Waals surface area (Å²) in [6.45, 7) is 3.05. The van der Waals surface area contributed by atoms with Crippen molar-refractivity contribution in [3.05, 3.63) is 36.2 Å². The first-order valence-corrected chi connectivity index (χ1v) is 10.3. The first-order chi connectivity index (χ1) is 14.5. The van der Waals surface area contributed by atoms with E-state index in [0.29, 0.717) is 41.2 Å². The molecular weight excluding hydrogens is 384 g/mol. The van der Waals surface area contributed by atoms with Gasteiger partial charge in [-0.25, -0.2) is 14.8 Å². The molecule has 4 rings (SSSR count). The average Bonchev–Trinajstić information content (AvgIpc) is 3.65. The van der Waals surface area contributed by atoms with Gasteiger partial charge in [-0.05, 0) is 49.7 Å². The molecule has 1 heterocycles. The highest BCUT2D eigenvalue weighted by molar-refractivity contribution is 5.95. The second kappa shape index (κ2) is 8.69. The molecule has 158 valence electrons. The minimum Gasteiger partial charge on any atom is -0.465 e. The lowest BCUT2D eigenvalue weighted by atomic mass is 10.1. The molecule has 1 amide bonds. The molecule has 2 aliphatic rings. The van der Waals surface area contributed by atoms with Crippen molar-refractivity contribution in [2.24, 2.45) is 11.8 Å². The number of ether oxygens (including phenoxy) is 2. The SMILES string of the molecule is COC(=O)c1cc(Oc2cnc(NCC3CC3)cn2)cc(N(CC2CC2)C(C)=O)c1. The maximum Gasteiger partial charge on any atom is 0.338 e. The Morgan fingerprint density at radius 2 is 1.87 bits per heavy atom. The van der Waals surface area contributed by atoms with E-state index in [1.165, 1.54) is 33.1 Å². The lowest BCUT2D eigenvalue weighted by Gasteiger charge is -2.22. The Morgan fingerprint density at radius 3 is 2.47 bits per heavy atom. The van der Waals surface area contributed by atoms with Crippen molar-refractivity contribution in [3.8, 4) is 11.6 Å². The smallest absolute Gasteiger partial charge is 0.338 e. The molecule has 0 aliphatic heterocycles. The van der Waals surface area contributed by atoms with Gasteiger partial charge >= 0.3 is 5.97 Å². The van der Waals surface area contributed by atoms with Gasteiger partial charge in [0, 0.05) is 31.8 Å². The van der Waals surface area contributed by atoms with Crippen LogP contribution in [-0.4, -0.2) is 42.0 Å². The first kappa shape index (κ1) is 20.1. The Hall–Kier alpha value is -3.16. The van der Waals surface area contributed by atoms with E-state index in [1.54, 1.807) is 29.3 Å². The molecule has 0 spiro atoms. The van der Waals surface area contributed by atoms with Gasteiger partial charge in [0.05, 0.1) is 25.1 Å². The molecule has 0 unspecified atom stereocenters. The van der Waals surface area contributed by atoms with Crippen LogP contribution >= 0.6 is 0 Å². The van der Waals surface area contributed by atoms with Crippen LogP contribution in [0.2, 0.25) is 0 Å². The van der Waals surface area contributed by atoms with Crippen LogP contribution in [0.15, 0.2) is 30.6 Å². The van der Waals surface area contributed by atoms with Gasteiger partial charge in [0.2, 0.25) is 11.8 Å². The molecule has 0 radical (unpaired) electrons. The summed E-state index contributed by atoms with van der Waals surface area (Å²) >= 11 is 0. The quantitative estimate of drug-likeness (QED) is 0.631. The molecule has 2 saturated carbocycles. The summed E-state index contributed by atoms with van der Waals surface area (Å²) in [6, 6.07) is 4.96. The molecule has 1 aromatic carbocycles. The second-order valence-electron chi connectivity index (χ2n) is 7.95. The molecule has 1 aromatic heterocycles. The molecule has 8 nitrogen and oxygen atoms in total. The van der Waals surface area contributed by atoms with Crippen LogP contribution in [0, 0.1) is 11.8 Å². The van der Waals surface area contributed by atoms with Crippen LogP contribution in [-0.2, 0) is 9.53 Å². The fraction of sp³-hybridized carbons (Fsp3) is 0.455. The van der Waals surface area contributed by atoms with Crippen LogP contribution in [0.25, 0.3) is 0 Å². The van der Waals surface area contributed by atoms with E-state index < -0.39 is 5.97 Å². The standard InChI is InChI=1S/C22H26N4O4/c1-14(27)26(13-16-5-6-16)18-7-17(22(28)29-2)8-19(9-18)30-21-12-24-20(11-25-21)23-10-15-3-4-15/h7-9,11-12,15-16H,3-6,10,13H2,1-2H3,(H,23,24). The number of aromatic nitrogens is 2. The van der Waals surface area contributed by atoms with Crippen molar-refractivity contribution < 1.29 is 19.1 Å². The third-order valence-electron chi connectivity index (χ3n) is 5.26. The fourth-order valence-corrected chi connectivity index (χ4v) is 3.16. The number of nitrogens with zero attached hydrogens (tertiary/aromatic N) is 3. The highest BCUT2D eigenvalue weighted by Crippen LogP contribution is 2.34. The Morgan fingerprint density at radius 1 is 1.10 bits per heavy atom. The van der Waals surface area contributed by atoms with Crippen LogP contribution in [0.5, 0.6) is 11.6 Å². The van der Waals surface area contributed by atoms with E-state index in [4.69, 9.17) is 9.47 Å². The first-order valence-electron chi connectivity index (χ1n) is 10.3. The van der Waals surface area contributed by atoms with Crippen molar-refractivity contribution in [1.82, 2.24) is 9.97 Å². The maximum absolute atomic E-state index is 12.2. The molecule has 8 heteroatoms. The van der Waals surface area contributed by atoms with E-state index in [-0.39, 0.29) is 5.91 Å². The van der Waals surface area contributed by atoms with Gasteiger partial charge in [-0.1, -0.05) is 0 Å². The second-order valence-corrected chi connectivity index (χ2v) is 7.95. The summed E-state index contributed by atoms with van der Waals surface area (Å²) in [7, 11) is 1.32. The number of benzene rings is 1. The zero-order valence-corrected chi connectivity index (χ0v) is 17.3. The number of esters is 1. The number of rotatable bonds is 9. The molecule has 0 atom stereocenters. The Bertz CT molecular complexity index is 923. The van der Waals surface area contributed by atoms with E-state index in [1.807, 2.05) is 0 Å². The van der Waals surface area contributed by atoms with Crippen molar-refractivity contribution in [3.63, 3.8) is 0 Å². The molecule has 2 aliphatic carbocycles. The van der Waals surface area contributed by atoms with Gasteiger partial charge in [-0.15, -0.1) is 0 Å². The molecule has 0 bridgehead atoms. The zero-order valence-electron chi connectivity index (χ0n) is 17.3. The average molecular weight is 410 g/mol. The van der Waals surface area contributed by atoms with E-state index in [0.717, 1.165) is 25.3 Å². The Kier molecular flexibility index (Phi) is 5.83. The van der Waals surface area contributed by atoms with E-state index in [9.17, 15) is 9.59 Å². The van der Waals surface area contributed by atoms with Crippen LogP contribution < -0.4 is 15.0 Å². The zero-order chi connectivity index (χ0) is 21.1. The third-order valence-corrected chi connectivity index (χ3v) is 5.26. The maximum atomic E-state index is 12.2. The number of hydrogen-bond donors (Lipinski definition) is 1. The normalized spacial score (nSPS) is 15.4. The molecular formula is C22H26N4O4. The van der Waals surface area contributed by atoms with Crippen LogP contribution in [0.4, 0.5) is 11.5 Å². The summed E-state index contributed by atoms with van der Waals surface area (Å²) in [5.74, 6) is 2.05. The Labute approximate surface area is 175 Å². The summed E-state index contributed by atoms with van der Waals surface area (Å²) in [5.41, 5.74) is 0.908. The number of anilines is 2. The molecule has 30 heavy (non-hydrogen) atoms. The summed E-state index contributed by atoms with van der Waals surface area (Å²) < 4.78 is 10.7. The van der Waals surface area contributed by atoms with Crippen molar-refractivity contribution in [2.45, 2.75) is 32.6 Å². The minimum atomic E-state index is -0.498. The van der Waals surface area contributed by atoms with Gasteiger partial charge in [0.1, 0.15) is 11.6 Å². The van der Waals surface area contributed by atoms with Gasteiger partial charge in [0.15, 0.2) is 0 Å². The summed E-state index contributed by atoms with van der Waals surface area (Å²) in [4.78, 5) is 34.7. The van der Waals surface area contributed by atoms with E-state index >= 15 is 0 Å². The highest BCUT2D eigenvalue weighted by Gasteiger charge is 2.27. The van der Waals surface area contributed by atoms with Crippen molar-refractivity contribution in [2.75, 3.05) is 30.4 Å². The van der Waals surface area contributed by atoms with Crippen LogP contribution in [0.1, 0.15) is 43.0 Å². The molecule has 2 fully saturated rings. The Balaban J connectivity index is 1.54. The molecule has 0 saturated heterocycles. The lowest BCUT2D eigenvalue weighted by molar-refractivity contribution is -0.116. The van der Waals surface area contributed by atoms with Crippen molar-refractivity contribution >= 4 is 23.4 Å². The predicted molar refractivity (Wildman–Crippen MR) is 112 cm³/mol. The topological polar surface area (TPSA) is 93.7 Å². The monoisotopic (exact) mass is 410 g/mol. The number of methoxy groups -OCH3 is 1. The number of carbonyl (C=O) groups excluding carboxylic acids is 2. The van der Waals surface area contributed by atoms with Gasteiger partial charge < -0.3 is 19.7 Å². The third kappa shape index (κ3) is 5.25. The predicted octanol–water partition coefficient (Wildman–Crippen LogP) is 3.64. The summed E-state index contributed by atoms with van der Waals surface area (Å²) in [6.07, 6.45) is 7.91. The largest absolute Gasteiger partial charge is 0.465 e. The fourth-order valence-electron chi connectivity index (χ4n) is 3.16. The molecule has 2 aromatic rings. The van der Waals surface area contributed by atoms with Crippen molar-refractivity contribution in [1.29, 1.82) is 0 Å². The minimum absolute atomic E-state index is 0.0826. The van der Waals surface area contributed by atoms with Gasteiger partial charge in [-0.3, -0.25) is 4.79 Å². The molecule has 1 N–H and O–H groups in total. The number of carbonyl (C=O) groups is 2. The van der Waals surface area contributed by atoms with E-state index in [2.05, 4.69) is 15.3 Å². The van der Waals surface area contributed by atoms with Crippen LogP contribution in [0.3, 0.4) is 0 Å². The number of hydrogen-bond acceptors (Lipinski definition) is 7. The highest BCUT2D eigenvalue weighted by atomic mass is 16.5. The number of amides is 1. The lowest BCUT2D eigenvalue weighted by Crippen LogP contribution is -2.30. The van der Waals surface area contributed by atoms with Gasteiger partial charge in [-0.2, -0.15) is 0 Å².